The van der Waals surface area contributed by atoms with Crippen LogP contribution in [-0.4, -0.2) is 6.04 Å². The minimum Gasteiger partial charge on any atom is -0.481 e. The van der Waals surface area contributed by atoms with E-state index in [4.69, 9.17) is 14.9 Å². The lowest BCUT2D eigenvalue weighted by molar-refractivity contribution is 0.152. The second-order valence-electron chi connectivity index (χ2n) is 4.32. The average molecular weight is 249 g/mol. The van der Waals surface area contributed by atoms with E-state index in [-0.39, 0.29) is 11.9 Å². The Balaban J connectivity index is 2.21. The normalized spacial score (nSPS) is 14.2. The first-order chi connectivity index (χ1) is 8.58. The Hall–Kier alpha value is -1.81. The van der Waals surface area contributed by atoms with Crippen LogP contribution in [-0.2, 0) is 0 Å². The second-order valence-corrected chi connectivity index (χ2v) is 4.32. The van der Waals surface area contributed by atoms with Crippen molar-refractivity contribution in [3.05, 3.63) is 53.7 Å². The summed E-state index contributed by atoms with van der Waals surface area (Å²) in [6, 6.07) is 8.04. The van der Waals surface area contributed by atoms with Gasteiger partial charge in [0.05, 0.1) is 6.26 Å². The van der Waals surface area contributed by atoms with Crippen molar-refractivity contribution in [3.8, 4) is 5.75 Å². The maximum absolute atomic E-state index is 13.4. The summed E-state index contributed by atoms with van der Waals surface area (Å²) in [7, 11) is 0. The third-order valence-electron chi connectivity index (χ3n) is 2.71. The molecule has 0 saturated heterocycles. The van der Waals surface area contributed by atoms with Crippen LogP contribution in [0.2, 0.25) is 0 Å². The molecule has 0 fully saturated rings. The van der Waals surface area contributed by atoms with Gasteiger partial charge in [0.1, 0.15) is 17.3 Å². The smallest absolute Gasteiger partial charge is 0.171 e. The quantitative estimate of drug-likeness (QED) is 0.905. The van der Waals surface area contributed by atoms with E-state index < -0.39 is 6.10 Å². The minimum absolute atomic E-state index is 0.263. The Labute approximate surface area is 105 Å². The van der Waals surface area contributed by atoms with Crippen LogP contribution in [0, 0.1) is 12.7 Å². The van der Waals surface area contributed by atoms with Gasteiger partial charge >= 0.3 is 0 Å². The Bertz CT molecular complexity index is 509. The summed E-state index contributed by atoms with van der Waals surface area (Å²) in [5.41, 5.74) is 6.45. The zero-order valence-corrected chi connectivity index (χ0v) is 10.4. The van der Waals surface area contributed by atoms with Crippen molar-refractivity contribution >= 4 is 0 Å². The van der Waals surface area contributed by atoms with Crippen LogP contribution >= 0.6 is 0 Å². The fourth-order valence-corrected chi connectivity index (χ4v) is 1.67. The molecule has 0 spiro atoms. The molecule has 1 heterocycles. The van der Waals surface area contributed by atoms with Gasteiger partial charge in [0, 0.05) is 12.1 Å². The highest BCUT2D eigenvalue weighted by Gasteiger charge is 2.21. The summed E-state index contributed by atoms with van der Waals surface area (Å²) in [4.78, 5) is 0. The van der Waals surface area contributed by atoms with Gasteiger partial charge in [-0.05, 0) is 37.6 Å². The van der Waals surface area contributed by atoms with Gasteiger partial charge in [-0.15, -0.1) is 0 Å². The lowest BCUT2D eigenvalue weighted by atomic mass is 10.1. The molecule has 2 aromatic rings. The number of hydrogen-bond donors (Lipinski definition) is 1. The molecule has 2 atom stereocenters. The Morgan fingerprint density at radius 2 is 2.11 bits per heavy atom. The summed E-state index contributed by atoms with van der Waals surface area (Å²) >= 11 is 0. The lowest BCUT2D eigenvalue weighted by Gasteiger charge is -2.20. The van der Waals surface area contributed by atoms with Crippen molar-refractivity contribution < 1.29 is 13.5 Å². The van der Waals surface area contributed by atoms with Crippen molar-refractivity contribution in [2.45, 2.75) is 26.0 Å². The van der Waals surface area contributed by atoms with Gasteiger partial charge in [-0.3, -0.25) is 0 Å². The predicted molar refractivity (Wildman–Crippen MR) is 66.9 cm³/mol. The van der Waals surface area contributed by atoms with Crippen LogP contribution in [0.25, 0.3) is 0 Å². The first-order valence-electron chi connectivity index (χ1n) is 5.79. The fraction of sp³-hybridized carbons (Fsp3) is 0.286. The van der Waals surface area contributed by atoms with E-state index >= 15 is 0 Å². The summed E-state index contributed by atoms with van der Waals surface area (Å²) in [5.74, 6) is 0.776. The molecule has 4 heteroatoms. The number of furan rings is 1. The molecule has 3 nitrogen and oxygen atoms in total. The van der Waals surface area contributed by atoms with Crippen LogP contribution in [0.3, 0.4) is 0 Å². The van der Waals surface area contributed by atoms with E-state index in [1.165, 1.54) is 6.07 Å². The van der Waals surface area contributed by atoms with Crippen molar-refractivity contribution in [2.24, 2.45) is 5.73 Å². The van der Waals surface area contributed by atoms with Crippen LogP contribution in [0.4, 0.5) is 4.39 Å². The summed E-state index contributed by atoms with van der Waals surface area (Å²) < 4.78 is 24.4. The second kappa shape index (κ2) is 5.23. The maximum atomic E-state index is 13.4. The molecule has 2 N–H and O–H groups in total. The third-order valence-corrected chi connectivity index (χ3v) is 2.71. The van der Waals surface area contributed by atoms with E-state index in [1.54, 1.807) is 37.5 Å². The molecule has 0 aliphatic rings. The standard InChI is InChI=1S/C14H16FNO2/c1-9-5-6-11(8-12(9)15)18-14(10(2)16)13-4-3-7-17-13/h3-8,10,14H,16H2,1-2H3. The zero-order chi connectivity index (χ0) is 13.1. The highest BCUT2D eigenvalue weighted by Crippen LogP contribution is 2.25. The van der Waals surface area contributed by atoms with Crippen LogP contribution in [0.5, 0.6) is 5.75 Å². The monoisotopic (exact) mass is 249 g/mol. The van der Waals surface area contributed by atoms with Crippen molar-refractivity contribution in [1.29, 1.82) is 0 Å². The van der Waals surface area contributed by atoms with E-state index in [2.05, 4.69) is 0 Å². The molecular formula is C14H16FNO2. The first-order valence-corrected chi connectivity index (χ1v) is 5.79. The predicted octanol–water partition coefficient (Wildman–Crippen LogP) is 3.19. The van der Waals surface area contributed by atoms with Crippen molar-refractivity contribution in [1.82, 2.24) is 0 Å². The Kier molecular flexibility index (Phi) is 3.67. The number of aryl methyl sites for hydroxylation is 1. The number of hydrogen-bond acceptors (Lipinski definition) is 3. The largest absolute Gasteiger partial charge is 0.481 e. The Morgan fingerprint density at radius 3 is 2.67 bits per heavy atom. The molecule has 18 heavy (non-hydrogen) atoms. The number of rotatable bonds is 4. The third kappa shape index (κ3) is 2.71. The maximum Gasteiger partial charge on any atom is 0.171 e. The molecule has 0 radical (unpaired) electrons. The van der Waals surface area contributed by atoms with E-state index in [0.717, 1.165) is 0 Å². The number of ether oxygens (including phenoxy) is 1. The van der Waals surface area contributed by atoms with E-state index in [0.29, 0.717) is 17.1 Å². The van der Waals surface area contributed by atoms with Gasteiger partial charge < -0.3 is 14.9 Å². The molecule has 96 valence electrons. The minimum atomic E-state index is -0.429. The van der Waals surface area contributed by atoms with Crippen LogP contribution in [0.15, 0.2) is 41.0 Å². The summed E-state index contributed by atoms with van der Waals surface area (Å²) in [6.45, 7) is 3.52. The molecule has 2 rings (SSSR count). The molecule has 0 saturated carbocycles. The van der Waals surface area contributed by atoms with Gasteiger partial charge in [0.2, 0.25) is 0 Å². The molecule has 0 bridgehead atoms. The number of halogens is 1. The van der Waals surface area contributed by atoms with Gasteiger partial charge in [-0.1, -0.05) is 6.07 Å². The fourth-order valence-electron chi connectivity index (χ4n) is 1.67. The van der Waals surface area contributed by atoms with Gasteiger partial charge in [-0.2, -0.15) is 0 Å². The van der Waals surface area contributed by atoms with E-state index in [1.807, 2.05) is 6.92 Å². The SMILES string of the molecule is Cc1ccc(OC(c2ccco2)C(C)N)cc1F. The van der Waals surface area contributed by atoms with Crippen molar-refractivity contribution in [3.63, 3.8) is 0 Å². The summed E-state index contributed by atoms with van der Waals surface area (Å²) in [5, 5.41) is 0. The number of benzene rings is 1. The molecule has 2 unspecified atom stereocenters. The lowest BCUT2D eigenvalue weighted by Crippen LogP contribution is -2.28. The zero-order valence-electron chi connectivity index (χ0n) is 10.4. The van der Waals surface area contributed by atoms with E-state index in [9.17, 15) is 4.39 Å². The Morgan fingerprint density at radius 1 is 1.33 bits per heavy atom. The molecule has 0 aliphatic heterocycles. The summed E-state index contributed by atoms with van der Waals surface area (Å²) in [6.07, 6.45) is 1.13. The van der Waals surface area contributed by atoms with Gasteiger partial charge in [0.15, 0.2) is 6.10 Å². The molecular weight excluding hydrogens is 233 g/mol. The first kappa shape index (κ1) is 12.6. The van der Waals surface area contributed by atoms with Crippen LogP contribution < -0.4 is 10.5 Å². The molecule has 1 aromatic carbocycles. The average Bonchev–Trinajstić information content (AvgIpc) is 2.83. The highest BCUT2D eigenvalue weighted by atomic mass is 19.1. The highest BCUT2D eigenvalue weighted by molar-refractivity contribution is 5.28. The van der Waals surface area contributed by atoms with Gasteiger partial charge in [-0.25, -0.2) is 4.39 Å². The number of nitrogens with two attached hydrogens (primary N) is 1. The molecule has 0 amide bonds. The topological polar surface area (TPSA) is 48.4 Å². The van der Waals surface area contributed by atoms with Crippen LogP contribution in [0.1, 0.15) is 24.4 Å². The molecule has 0 aliphatic carbocycles. The van der Waals surface area contributed by atoms with Gasteiger partial charge in [0.25, 0.3) is 0 Å². The van der Waals surface area contributed by atoms with Crippen molar-refractivity contribution in [2.75, 3.05) is 0 Å². The molecule has 1 aromatic heterocycles.